The minimum atomic E-state index is -3.53. The second-order valence-electron chi connectivity index (χ2n) is 4.07. The van der Waals surface area contributed by atoms with E-state index in [9.17, 15) is 13.2 Å². The molecule has 0 fully saturated rings. The number of halogens is 2. The van der Waals surface area contributed by atoms with Crippen molar-refractivity contribution in [1.82, 2.24) is 0 Å². The number of hydrogen-bond donors (Lipinski definition) is 1. The number of rotatable bonds is 7. The predicted molar refractivity (Wildman–Crippen MR) is 80.1 cm³/mol. The van der Waals surface area contributed by atoms with Gasteiger partial charge >= 0.3 is 5.97 Å². The third-order valence-corrected chi connectivity index (χ3v) is 4.95. The molecule has 0 bridgehead atoms. The topological polar surface area (TPSA) is 74.7 Å². The van der Waals surface area contributed by atoms with Gasteiger partial charge in [0.05, 0.1) is 16.5 Å². The summed E-state index contributed by atoms with van der Waals surface area (Å²) in [6.07, 6.45) is 0.0917. The van der Waals surface area contributed by atoms with Crippen LogP contribution >= 0.6 is 23.2 Å². The number of anilines is 1. The Hall–Kier alpha value is -0.980. The first-order valence-corrected chi connectivity index (χ1v) is 8.31. The van der Waals surface area contributed by atoms with Crippen molar-refractivity contribution in [3.05, 3.63) is 28.2 Å². The summed E-state index contributed by atoms with van der Waals surface area (Å²) in [5, 5.41) is 9.25. The van der Waals surface area contributed by atoms with Gasteiger partial charge in [-0.25, -0.2) is 8.42 Å². The van der Waals surface area contributed by atoms with Crippen molar-refractivity contribution >= 4 is 44.9 Å². The lowest BCUT2D eigenvalue weighted by Crippen LogP contribution is -2.33. The van der Waals surface area contributed by atoms with Crippen molar-refractivity contribution in [2.24, 2.45) is 0 Å². The molecule has 0 saturated carbocycles. The van der Waals surface area contributed by atoms with Gasteiger partial charge in [0.15, 0.2) is 0 Å². The van der Waals surface area contributed by atoms with E-state index in [1.807, 2.05) is 0 Å². The Morgan fingerprint density at radius 2 is 2.00 bits per heavy atom. The van der Waals surface area contributed by atoms with Gasteiger partial charge in [-0.1, -0.05) is 23.2 Å². The normalized spacial score (nSPS) is 11.3. The molecule has 0 amide bonds. The molecular weight excluding hydrogens is 325 g/mol. The maximum Gasteiger partial charge on any atom is 0.303 e. The summed E-state index contributed by atoms with van der Waals surface area (Å²) in [5.41, 5.74) is 0.309. The molecule has 0 saturated heterocycles. The van der Waals surface area contributed by atoms with Gasteiger partial charge in [-0.2, -0.15) is 0 Å². The average molecular weight is 340 g/mol. The van der Waals surface area contributed by atoms with Crippen LogP contribution in [0.5, 0.6) is 0 Å². The van der Waals surface area contributed by atoms with Gasteiger partial charge in [-0.05, 0) is 31.5 Å². The zero-order chi connectivity index (χ0) is 15.3. The fourth-order valence-corrected chi connectivity index (χ4v) is 3.36. The molecule has 112 valence electrons. The van der Waals surface area contributed by atoms with E-state index < -0.39 is 16.0 Å². The lowest BCUT2D eigenvalue weighted by atomic mass is 10.3. The van der Waals surface area contributed by atoms with Crippen LogP contribution < -0.4 is 4.31 Å². The molecule has 0 radical (unpaired) electrons. The number of benzene rings is 1. The van der Waals surface area contributed by atoms with Crippen molar-refractivity contribution in [2.75, 3.05) is 16.6 Å². The highest BCUT2D eigenvalue weighted by molar-refractivity contribution is 7.92. The molecule has 1 aromatic carbocycles. The molecule has 20 heavy (non-hydrogen) atoms. The third-order valence-electron chi connectivity index (χ3n) is 2.63. The van der Waals surface area contributed by atoms with Gasteiger partial charge in [-0.3, -0.25) is 9.10 Å². The van der Waals surface area contributed by atoms with Crippen LogP contribution in [0.4, 0.5) is 5.69 Å². The van der Waals surface area contributed by atoms with Crippen LogP contribution in [0.2, 0.25) is 10.0 Å². The molecular formula is C12H15Cl2NO4S. The number of carboxylic acid groups (broad SMARTS) is 1. The smallest absolute Gasteiger partial charge is 0.303 e. The van der Waals surface area contributed by atoms with Gasteiger partial charge in [0.25, 0.3) is 0 Å². The summed E-state index contributed by atoms with van der Waals surface area (Å²) in [5.74, 6) is -1.07. The Morgan fingerprint density at radius 1 is 1.35 bits per heavy atom. The molecule has 8 heteroatoms. The first-order valence-electron chi connectivity index (χ1n) is 5.95. The molecule has 0 aliphatic carbocycles. The average Bonchev–Trinajstić information content (AvgIpc) is 2.35. The van der Waals surface area contributed by atoms with Gasteiger partial charge in [0.1, 0.15) is 0 Å². The predicted octanol–water partition coefficient (Wildman–Crippen LogP) is 3.01. The lowest BCUT2D eigenvalue weighted by Gasteiger charge is -2.24. The summed E-state index contributed by atoms with van der Waals surface area (Å²) < 4.78 is 25.3. The van der Waals surface area contributed by atoms with Crippen LogP contribution in [0.1, 0.15) is 19.8 Å². The Labute approximate surface area is 128 Å². The zero-order valence-corrected chi connectivity index (χ0v) is 13.2. The standard InChI is InChI=1S/C12H15Cl2NO4S/c1-2-20(18,19)15(7-3-4-12(16)17)11-6-5-9(13)8-10(11)14/h5-6,8H,2-4,7H2,1H3,(H,16,17). The third kappa shape index (κ3) is 4.54. The van der Waals surface area contributed by atoms with Crippen LogP contribution in [0.3, 0.4) is 0 Å². The van der Waals surface area contributed by atoms with Crippen molar-refractivity contribution < 1.29 is 18.3 Å². The zero-order valence-electron chi connectivity index (χ0n) is 10.8. The van der Waals surface area contributed by atoms with Crippen LogP contribution in [-0.2, 0) is 14.8 Å². The molecule has 1 rings (SSSR count). The minimum Gasteiger partial charge on any atom is -0.481 e. The number of sulfonamides is 1. The number of aliphatic carboxylic acids is 1. The highest BCUT2D eigenvalue weighted by Gasteiger charge is 2.22. The number of carboxylic acids is 1. The Balaban J connectivity index is 3.07. The largest absolute Gasteiger partial charge is 0.481 e. The molecule has 0 aromatic heterocycles. The molecule has 0 aliphatic rings. The van der Waals surface area contributed by atoms with E-state index in [2.05, 4.69) is 0 Å². The van der Waals surface area contributed by atoms with E-state index in [1.54, 1.807) is 0 Å². The van der Waals surface area contributed by atoms with E-state index in [0.29, 0.717) is 10.7 Å². The molecule has 0 atom stereocenters. The van der Waals surface area contributed by atoms with Crippen molar-refractivity contribution in [2.45, 2.75) is 19.8 Å². The van der Waals surface area contributed by atoms with Crippen LogP contribution in [0.25, 0.3) is 0 Å². The fraction of sp³-hybridized carbons (Fsp3) is 0.417. The summed E-state index contributed by atoms with van der Waals surface area (Å²) in [4.78, 5) is 10.5. The van der Waals surface area contributed by atoms with Gasteiger partial charge < -0.3 is 5.11 Å². The van der Waals surface area contributed by atoms with Gasteiger partial charge in [0, 0.05) is 18.0 Å². The number of hydrogen-bond acceptors (Lipinski definition) is 3. The SMILES string of the molecule is CCS(=O)(=O)N(CCCC(=O)O)c1ccc(Cl)cc1Cl. The first-order chi connectivity index (χ1) is 9.27. The Kier molecular flexibility index (Phi) is 6.10. The summed E-state index contributed by atoms with van der Waals surface area (Å²) in [7, 11) is -3.53. The fourth-order valence-electron chi connectivity index (χ4n) is 1.62. The van der Waals surface area contributed by atoms with E-state index in [-0.39, 0.29) is 30.2 Å². The number of nitrogens with zero attached hydrogens (tertiary/aromatic N) is 1. The second kappa shape index (κ2) is 7.15. The van der Waals surface area contributed by atoms with E-state index in [0.717, 1.165) is 4.31 Å². The molecule has 1 aromatic rings. The van der Waals surface area contributed by atoms with Crippen LogP contribution in [-0.4, -0.2) is 31.8 Å². The quantitative estimate of drug-likeness (QED) is 0.828. The molecule has 0 unspecified atom stereocenters. The highest BCUT2D eigenvalue weighted by Crippen LogP contribution is 2.31. The maximum atomic E-state index is 12.1. The summed E-state index contributed by atoms with van der Waals surface area (Å²) in [6.45, 7) is 1.58. The molecule has 5 nitrogen and oxygen atoms in total. The Bertz CT molecular complexity index is 589. The van der Waals surface area contributed by atoms with Crippen LogP contribution in [0, 0.1) is 0 Å². The van der Waals surface area contributed by atoms with E-state index in [4.69, 9.17) is 28.3 Å². The van der Waals surface area contributed by atoms with Crippen molar-refractivity contribution in [1.29, 1.82) is 0 Å². The second-order valence-corrected chi connectivity index (χ2v) is 7.09. The Morgan fingerprint density at radius 3 is 2.50 bits per heavy atom. The molecule has 0 spiro atoms. The summed E-state index contributed by atoms with van der Waals surface area (Å²) >= 11 is 11.8. The first kappa shape index (κ1) is 17.1. The highest BCUT2D eigenvalue weighted by atomic mass is 35.5. The molecule has 1 N–H and O–H groups in total. The van der Waals surface area contributed by atoms with E-state index >= 15 is 0 Å². The van der Waals surface area contributed by atoms with Gasteiger partial charge in [0.2, 0.25) is 10.0 Å². The van der Waals surface area contributed by atoms with Crippen molar-refractivity contribution in [3.8, 4) is 0 Å². The van der Waals surface area contributed by atoms with Crippen LogP contribution in [0.15, 0.2) is 18.2 Å². The van der Waals surface area contributed by atoms with Gasteiger partial charge in [-0.15, -0.1) is 0 Å². The summed E-state index contributed by atoms with van der Waals surface area (Å²) in [6, 6.07) is 4.50. The minimum absolute atomic E-state index is 0.0594. The monoisotopic (exact) mass is 339 g/mol. The maximum absolute atomic E-state index is 12.1. The lowest BCUT2D eigenvalue weighted by molar-refractivity contribution is -0.137. The van der Waals surface area contributed by atoms with Crippen molar-refractivity contribution in [3.63, 3.8) is 0 Å². The van der Waals surface area contributed by atoms with E-state index in [1.165, 1.54) is 25.1 Å². The number of carbonyl (C=O) groups is 1. The molecule has 0 heterocycles. The molecule has 0 aliphatic heterocycles.